The zero-order valence-corrected chi connectivity index (χ0v) is 29.6. The summed E-state index contributed by atoms with van der Waals surface area (Å²) in [5.74, 6) is 1.60. The van der Waals surface area contributed by atoms with E-state index in [2.05, 4.69) is 161 Å². The van der Waals surface area contributed by atoms with Crippen LogP contribution in [0.25, 0.3) is 64.6 Å². The van der Waals surface area contributed by atoms with Crippen LogP contribution >= 0.6 is 0 Å². The Morgan fingerprint density at radius 2 is 0.795 bits per heavy atom. The van der Waals surface area contributed by atoms with Crippen LogP contribution < -0.4 is 24.8 Å². The molecule has 0 spiro atoms. The van der Waals surface area contributed by atoms with Crippen molar-refractivity contribution in [2.24, 2.45) is 11.8 Å². The molecule has 0 saturated heterocycles. The van der Waals surface area contributed by atoms with Crippen molar-refractivity contribution < 1.29 is 49.0 Å². The first-order valence-corrected chi connectivity index (χ1v) is 16.2. The topological polar surface area (TPSA) is 0 Å². The zero-order chi connectivity index (χ0) is 29.2. The van der Waals surface area contributed by atoms with Gasteiger partial charge in [0.1, 0.15) is 0 Å². The SMILES string of the molecule is CC(C)[C](=[Zr+2])C(C)C.[Cl-].[Cl-].c1ccc2c(c1)ccc1ccc3cc[cH-]c3c12.c1ccc2c(c1)ccc1ccc3cc[cH-]c3c12. The average molecular weight is 691 g/mol. The second kappa shape index (κ2) is 14.8. The number of benzene rings is 6. The standard InChI is InChI=1S/2C17H11.C7H14.2ClH.Zr/c2*1-2-6-15-12(4-1)8-10-14-11-9-13-5-3-7-16(13)17(14)15;1-6(2)5-7(3)4;;;/h2*1-11H;6-7H,1-4H3;2*1H;/q2*-1;;;;+2/p-2. The van der Waals surface area contributed by atoms with Crippen LogP contribution in [0.4, 0.5) is 0 Å². The molecule has 0 saturated carbocycles. The van der Waals surface area contributed by atoms with Gasteiger partial charge in [0.15, 0.2) is 0 Å². The Balaban J connectivity index is 0.000000158. The van der Waals surface area contributed by atoms with Crippen molar-refractivity contribution >= 4 is 67.8 Å². The summed E-state index contributed by atoms with van der Waals surface area (Å²) < 4.78 is 1.69. The van der Waals surface area contributed by atoms with E-state index < -0.39 is 0 Å². The first kappa shape index (κ1) is 33.8. The molecule has 8 aromatic carbocycles. The molecule has 44 heavy (non-hydrogen) atoms. The minimum absolute atomic E-state index is 0. The second-order valence-corrected chi connectivity index (χ2v) is 13.1. The van der Waals surface area contributed by atoms with Crippen molar-refractivity contribution in [2.45, 2.75) is 27.7 Å². The predicted molar refractivity (Wildman–Crippen MR) is 184 cm³/mol. The summed E-state index contributed by atoms with van der Waals surface area (Å²) in [6.07, 6.45) is 0. The summed E-state index contributed by atoms with van der Waals surface area (Å²) in [7, 11) is 0. The third-order valence-electron chi connectivity index (χ3n) is 8.29. The van der Waals surface area contributed by atoms with Gasteiger partial charge in [-0.1, -0.05) is 117 Å². The fraction of sp³-hybridized carbons (Fsp3) is 0.146. The maximum absolute atomic E-state index is 2.27. The molecular formula is C41H36Cl2Zr-2. The van der Waals surface area contributed by atoms with E-state index in [0.29, 0.717) is 0 Å². The fourth-order valence-electron chi connectivity index (χ4n) is 6.10. The van der Waals surface area contributed by atoms with Crippen LogP contribution in [0.1, 0.15) is 27.7 Å². The molecule has 0 radical (unpaired) electrons. The quantitative estimate of drug-likeness (QED) is 0.160. The Bertz CT molecular complexity index is 2020. The van der Waals surface area contributed by atoms with Crippen LogP contribution in [-0.4, -0.2) is 3.21 Å². The number of hydrogen-bond acceptors (Lipinski definition) is 0. The van der Waals surface area contributed by atoms with E-state index in [4.69, 9.17) is 0 Å². The normalized spacial score (nSPS) is 10.9. The van der Waals surface area contributed by atoms with Gasteiger partial charge >= 0.3 is 67.0 Å². The third kappa shape index (κ3) is 6.77. The van der Waals surface area contributed by atoms with Gasteiger partial charge in [-0.3, -0.25) is 0 Å². The van der Waals surface area contributed by atoms with E-state index in [1.54, 1.807) is 27.4 Å². The molecule has 0 aliphatic carbocycles. The Morgan fingerprint density at radius 1 is 0.455 bits per heavy atom. The van der Waals surface area contributed by atoms with Gasteiger partial charge < -0.3 is 24.8 Å². The molecule has 0 aliphatic rings. The first-order chi connectivity index (χ1) is 20.4. The Kier molecular flexibility index (Phi) is 11.4. The van der Waals surface area contributed by atoms with Crippen LogP contribution in [-0.2, 0) is 24.2 Å². The minimum atomic E-state index is 0. The fourth-order valence-corrected chi connectivity index (χ4v) is 6.10. The smallest absolute Gasteiger partial charge is 0.0271 e. The summed E-state index contributed by atoms with van der Waals surface area (Å²) in [6, 6.07) is 47.9. The van der Waals surface area contributed by atoms with Gasteiger partial charge in [-0.2, -0.15) is 24.3 Å². The Morgan fingerprint density at radius 3 is 1.16 bits per heavy atom. The van der Waals surface area contributed by atoms with Crippen molar-refractivity contribution in [3.05, 3.63) is 133 Å². The average Bonchev–Trinajstić information content (AvgIpc) is 3.71. The van der Waals surface area contributed by atoms with Crippen LogP contribution in [0.15, 0.2) is 133 Å². The summed E-state index contributed by atoms with van der Waals surface area (Å²) in [4.78, 5) is 0. The summed E-state index contributed by atoms with van der Waals surface area (Å²) in [5, 5.41) is 16.1. The Labute approximate surface area is 287 Å². The molecule has 8 aromatic rings. The van der Waals surface area contributed by atoms with Gasteiger partial charge in [0.25, 0.3) is 0 Å². The van der Waals surface area contributed by atoms with E-state index in [1.165, 1.54) is 64.6 Å². The molecule has 8 rings (SSSR count). The largest absolute Gasteiger partial charge is 1.00 e. The van der Waals surface area contributed by atoms with Gasteiger partial charge in [-0.15, -0.1) is 45.8 Å². The number of rotatable bonds is 2. The summed E-state index contributed by atoms with van der Waals surface area (Å²) in [6.45, 7) is 9.07. The second-order valence-electron chi connectivity index (χ2n) is 11.7. The molecule has 220 valence electrons. The number of fused-ring (bicyclic) bond motifs is 10. The molecule has 0 aromatic heterocycles. The van der Waals surface area contributed by atoms with Gasteiger partial charge in [-0.05, 0) is 10.8 Å². The molecule has 0 fully saturated rings. The van der Waals surface area contributed by atoms with Crippen molar-refractivity contribution in [1.29, 1.82) is 0 Å². The molecule has 0 bridgehead atoms. The van der Waals surface area contributed by atoms with E-state index in [0.717, 1.165) is 11.8 Å². The Hall–Kier alpha value is -3.09. The van der Waals surface area contributed by atoms with E-state index in [1.807, 2.05) is 0 Å². The maximum Gasteiger partial charge on any atom is -0.0271 e. The maximum atomic E-state index is 2.27. The van der Waals surface area contributed by atoms with Crippen molar-refractivity contribution in [1.82, 2.24) is 0 Å². The third-order valence-corrected chi connectivity index (χ3v) is 11.1. The van der Waals surface area contributed by atoms with Crippen LogP contribution in [0.2, 0.25) is 0 Å². The van der Waals surface area contributed by atoms with Gasteiger partial charge in [0.2, 0.25) is 0 Å². The summed E-state index contributed by atoms with van der Waals surface area (Å²) >= 11 is 1.61. The first-order valence-electron chi connectivity index (χ1n) is 14.9. The zero-order valence-electron chi connectivity index (χ0n) is 25.6. The van der Waals surface area contributed by atoms with Crippen LogP contribution in [0.3, 0.4) is 0 Å². The van der Waals surface area contributed by atoms with E-state index >= 15 is 0 Å². The molecule has 0 nitrogen and oxygen atoms in total. The molecule has 0 atom stereocenters. The molecule has 3 heteroatoms. The number of halogens is 2. The van der Waals surface area contributed by atoms with Gasteiger partial charge in [-0.25, -0.2) is 0 Å². The van der Waals surface area contributed by atoms with Crippen LogP contribution in [0, 0.1) is 11.8 Å². The van der Waals surface area contributed by atoms with E-state index in [9.17, 15) is 0 Å². The van der Waals surface area contributed by atoms with Crippen molar-refractivity contribution in [2.75, 3.05) is 0 Å². The monoisotopic (exact) mass is 688 g/mol. The molecular weight excluding hydrogens is 655 g/mol. The number of hydrogen-bond donors (Lipinski definition) is 0. The van der Waals surface area contributed by atoms with Crippen LogP contribution in [0.5, 0.6) is 0 Å². The molecule has 0 heterocycles. The minimum Gasteiger partial charge on any atom is -1.00 e. The van der Waals surface area contributed by atoms with Gasteiger partial charge in [0.05, 0.1) is 0 Å². The van der Waals surface area contributed by atoms with Crippen molar-refractivity contribution in [3.63, 3.8) is 0 Å². The molecule has 0 N–H and O–H groups in total. The molecule has 0 unspecified atom stereocenters. The van der Waals surface area contributed by atoms with Crippen molar-refractivity contribution in [3.8, 4) is 0 Å². The molecule has 0 amide bonds. The van der Waals surface area contributed by atoms with E-state index in [-0.39, 0.29) is 24.8 Å². The van der Waals surface area contributed by atoms with Gasteiger partial charge in [0, 0.05) is 0 Å². The predicted octanol–water partition coefficient (Wildman–Crippen LogP) is 5.76. The molecule has 0 aliphatic heterocycles. The summed E-state index contributed by atoms with van der Waals surface area (Å²) in [5.41, 5.74) is 0.